The molecule has 1 amide bonds. The summed E-state index contributed by atoms with van der Waals surface area (Å²) in [4.78, 5) is 25.0. The highest BCUT2D eigenvalue weighted by Gasteiger charge is 2.38. The van der Waals surface area contributed by atoms with Gasteiger partial charge in [-0.05, 0) is 56.8 Å². The summed E-state index contributed by atoms with van der Waals surface area (Å²) in [5, 5.41) is 6.07. The lowest BCUT2D eigenvalue weighted by atomic mass is 10.1. The van der Waals surface area contributed by atoms with Crippen LogP contribution in [0.3, 0.4) is 0 Å². The minimum Gasteiger partial charge on any atom is -0.320 e. The molecule has 2 N–H and O–H groups in total. The first-order valence-electron chi connectivity index (χ1n) is 10.4. The SMILES string of the molecule is C1CC2CC2CN1.Cc1cn2cc(NC(=O)c3cccc4nccnc34)cc(F)c2n1. The van der Waals surface area contributed by atoms with Gasteiger partial charge in [-0.3, -0.25) is 14.8 Å². The minimum atomic E-state index is -0.501. The Labute approximate surface area is 178 Å². The van der Waals surface area contributed by atoms with Crippen LogP contribution in [-0.4, -0.2) is 38.3 Å². The summed E-state index contributed by atoms with van der Waals surface area (Å²) in [6.07, 6.45) is 9.37. The lowest BCUT2D eigenvalue weighted by molar-refractivity contribution is 0.102. The first kappa shape index (κ1) is 19.6. The normalized spacial score (nSPS) is 19.4. The van der Waals surface area contributed by atoms with Gasteiger partial charge in [0.25, 0.3) is 5.91 Å². The van der Waals surface area contributed by atoms with E-state index in [1.165, 1.54) is 38.2 Å². The fourth-order valence-corrected chi connectivity index (χ4v) is 4.11. The van der Waals surface area contributed by atoms with E-state index in [4.69, 9.17) is 0 Å². The number of anilines is 1. The summed E-state index contributed by atoms with van der Waals surface area (Å²) in [6, 6.07) is 6.41. The maximum absolute atomic E-state index is 14.1. The van der Waals surface area contributed by atoms with Gasteiger partial charge in [-0.2, -0.15) is 0 Å². The number of halogens is 1. The Balaban J connectivity index is 0.000000244. The smallest absolute Gasteiger partial charge is 0.257 e. The fourth-order valence-electron chi connectivity index (χ4n) is 4.11. The standard InChI is InChI=1S/C17H12FN5O.C6H11N/c1-10-8-23-9-11(7-13(18)16(23)21-10)22-17(24)12-3-2-4-14-15(12)20-6-5-19-14;1-2-7-4-6-3-5(1)6/h2-9H,1H3,(H,22,24);5-7H,1-4H2. The van der Waals surface area contributed by atoms with E-state index in [1.54, 1.807) is 48.1 Å². The van der Waals surface area contributed by atoms with Crippen LogP contribution < -0.4 is 10.6 Å². The lowest BCUT2D eigenvalue weighted by Crippen LogP contribution is -2.23. The third-order valence-electron chi connectivity index (χ3n) is 5.80. The molecule has 1 saturated carbocycles. The lowest BCUT2D eigenvalue weighted by Gasteiger charge is -2.08. The molecule has 1 aliphatic carbocycles. The molecule has 1 aromatic carbocycles. The van der Waals surface area contributed by atoms with Crippen LogP contribution in [0.5, 0.6) is 0 Å². The van der Waals surface area contributed by atoms with E-state index in [-0.39, 0.29) is 11.6 Å². The van der Waals surface area contributed by atoms with Crippen LogP contribution >= 0.6 is 0 Å². The Bertz CT molecular complexity index is 1250. The molecule has 7 nitrogen and oxygen atoms in total. The monoisotopic (exact) mass is 418 g/mol. The average Bonchev–Trinajstić information content (AvgIpc) is 3.47. The van der Waals surface area contributed by atoms with Crippen molar-refractivity contribution >= 4 is 28.3 Å². The van der Waals surface area contributed by atoms with Gasteiger partial charge in [0.05, 0.1) is 22.5 Å². The summed E-state index contributed by atoms with van der Waals surface area (Å²) >= 11 is 0. The average molecular weight is 418 g/mol. The van der Waals surface area contributed by atoms with Crippen molar-refractivity contribution < 1.29 is 9.18 Å². The van der Waals surface area contributed by atoms with Crippen molar-refractivity contribution in [3.05, 3.63) is 66.1 Å². The van der Waals surface area contributed by atoms with Gasteiger partial charge in [0.15, 0.2) is 11.5 Å². The predicted molar refractivity (Wildman–Crippen MR) is 116 cm³/mol. The van der Waals surface area contributed by atoms with Gasteiger partial charge in [0, 0.05) is 30.9 Å². The molecule has 1 saturated heterocycles. The van der Waals surface area contributed by atoms with E-state index >= 15 is 0 Å². The number of nitrogens with one attached hydrogen (secondary N) is 2. The number of piperidine rings is 1. The maximum Gasteiger partial charge on any atom is 0.257 e. The van der Waals surface area contributed by atoms with Crippen molar-refractivity contribution in [3.8, 4) is 0 Å². The van der Waals surface area contributed by atoms with Crippen molar-refractivity contribution in [2.75, 3.05) is 18.4 Å². The summed E-state index contributed by atoms with van der Waals surface area (Å²) in [7, 11) is 0. The number of nitrogens with zero attached hydrogens (tertiary/aromatic N) is 4. The predicted octanol–water partition coefficient (Wildman–Crippen LogP) is 3.59. The molecular formula is C23H23FN6O. The number of amides is 1. The molecule has 1 aliphatic heterocycles. The number of pyridine rings is 1. The highest BCUT2D eigenvalue weighted by molar-refractivity contribution is 6.11. The van der Waals surface area contributed by atoms with Gasteiger partial charge in [-0.15, -0.1) is 0 Å². The number of hydrogen-bond donors (Lipinski definition) is 2. The molecule has 0 radical (unpaired) electrons. The van der Waals surface area contributed by atoms with Gasteiger partial charge in [-0.1, -0.05) is 6.07 Å². The van der Waals surface area contributed by atoms with Crippen LogP contribution in [0.25, 0.3) is 16.7 Å². The number of carbonyl (C=O) groups is 1. The number of fused-ring (bicyclic) bond motifs is 3. The molecule has 6 rings (SSSR count). The largest absolute Gasteiger partial charge is 0.320 e. The topological polar surface area (TPSA) is 84.2 Å². The second-order valence-corrected chi connectivity index (χ2v) is 8.12. The fraction of sp³-hybridized carbons (Fsp3) is 0.304. The Morgan fingerprint density at radius 3 is 2.90 bits per heavy atom. The summed E-state index contributed by atoms with van der Waals surface area (Å²) in [5.41, 5.74) is 2.75. The highest BCUT2D eigenvalue weighted by Crippen LogP contribution is 2.42. The number of hydrogen-bond acceptors (Lipinski definition) is 5. The van der Waals surface area contributed by atoms with Gasteiger partial charge >= 0.3 is 0 Å². The van der Waals surface area contributed by atoms with Crippen molar-refractivity contribution in [1.82, 2.24) is 24.7 Å². The van der Waals surface area contributed by atoms with Crippen LogP contribution in [0.1, 0.15) is 28.9 Å². The number of benzene rings is 1. The molecule has 2 fully saturated rings. The van der Waals surface area contributed by atoms with Crippen molar-refractivity contribution in [1.29, 1.82) is 0 Å². The Morgan fingerprint density at radius 2 is 2.10 bits per heavy atom. The molecule has 0 spiro atoms. The molecule has 2 atom stereocenters. The van der Waals surface area contributed by atoms with Gasteiger partial charge in [0.1, 0.15) is 5.52 Å². The molecule has 0 bridgehead atoms. The summed E-state index contributed by atoms with van der Waals surface area (Å²) < 4.78 is 15.7. The van der Waals surface area contributed by atoms with E-state index in [9.17, 15) is 9.18 Å². The summed E-state index contributed by atoms with van der Waals surface area (Å²) in [5.74, 6) is 1.35. The second-order valence-electron chi connectivity index (χ2n) is 8.12. The van der Waals surface area contributed by atoms with Crippen LogP contribution in [-0.2, 0) is 0 Å². The van der Waals surface area contributed by atoms with E-state index in [2.05, 4.69) is 25.6 Å². The van der Waals surface area contributed by atoms with Gasteiger partial charge < -0.3 is 15.0 Å². The third-order valence-corrected chi connectivity index (χ3v) is 5.80. The van der Waals surface area contributed by atoms with Crippen LogP contribution in [0.4, 0.5) is 10.1 Å². The third kappa shape index (κ3) is 4.11. The summed E-state index contributed by atoms with van der Waals surface area (Å²) in [6.45, 7) is 4.37. The van der Waals surface area contributed by atoms with Crippen LogP contribution in [0, 0.1) is 24.6 Å². The molecule has 4 heterocycles. The molecule has 158 valence electrons. The Hall–Kier alpha value is -3.39. The van der Waals surface area contributed by atoms with E-state index < -0.39 is 5.82 Å². The molecule has 2 unspecified atom stereocenters. The highest BCUT2D eigenvalue weighted by atomic mass is 19.1. The number of aromatic nitrogens is 4. The van der Waals surface area contributed by atoms with E-state index in [0.29, 0.717) is 28.0 Å². The van der Waals surface area contributed by atoms with Crippen LogP contribution in [0.2, 0.25) is 0 Å². The second kappa shape index (κ2) is 8.03. The number of imidazole rings is 1. The van der Waals surface area contributed by atoms with Crippen molar-refractivity contribution in [3.63, 3.8) is 0 Å². The van der Waals surface area contributed by atoms with Gasteiger partial charge in [0.2, 0.25) is 0 Å². The van der Waals surface area contributed by atoms with E-state index in [0.717, 1.165) is 11.8 Å². The molecule has 2 aliphatic rings. The molecule has 4 aromatic rings. The number of aryl methyl sites for hydroxylation is 1. The first-order valence-corrected chi connectivity index (χ1v) is 10.4. The molecule has 8 heteroatoms. The zero-order valence-electron chi connectivity index (χ0n) is 17.2. The van der Waals surface area contributed by atoms with Crippen molar-refractivity contribution in [2.24, 2.45) is 11.8 Å². The maximum atomic E-state index is 14.1. The van der Waals surface area contributed by atoms with Crippen LogP contribution in [0.15, 0.2) is 49.1 Å². The number of carbonyl (C=O) groups excluding carboxylic acids is 1. The molecule has 3 aromatic heterocycles. The minimum absolute atomic E-state index is 0.224. The zero-order chi connectivity index (χ0) is 21.4. The number of rotatable bonds is 2. The number of para-hydroxylation sites is 1. The molecule has 31 heavy (non-hydrogen) atoms. The molecular weight excluding hydrogens is 395 g/mol. The first-order chi connectivity index (χ1) is 15.1. The quantitative estimate of drug-likeness (QED) is 0.520. The van der Waals surface area contributed by atoms with Gasteiger partial charge in [-0.25, -0.2) is 9.37 Å². The zero-order valence-corrected chi connectivity index (χ0v) is 17.2. The Kier molecular flexibility index (Phi) is 5.07. The Morgan fingerprint density at radius 1 is 1.23 bits per heavy atom. The van der Waals surface area contributed by atoms with E-state index in [1.807, 2.05) is 0 Å². The van der Waals surface area contributed by atoms with Crippen molar-refractivity contribution in [2.45, 2.75) is 19.8 Å².